The van der Waals surface area contributed by atoms with Gasteiger partial charge >= 0.3 is 5.97 Å². The van der Waals surface area contributed by atoms with Crippen molar-refractivity contribution in [1.29, 1.82) is 0 Å². The van der Waals surface area contributed by atoms with Gasteiger partial charge < -0.3 is 10.1 Å². The Balaban J connectivity index is 1.84. The van der Waals surface area contributed by atoms with E-state index in [9.17, 15) is 22.0 Å². The highest BCUT2D eigenvalue weighted by Gasteiger charge is 2.38. The predicted molar refractivity (Wildman–Crippen MR) is 124 cm³/mol. The molecule has 0 bridgehead atoms. The van der Waals surface area contributed by atoms with Crippen LogP contribution in [0.3, 0.4) is 0 Å². The largest absolute Gasteiger partial charge is 0.466 e. The van der Waals surface area contributed by atoms with Gasteiger partial charge in [0, 0.05) is 41.8 Å². The van der Waals surface area contributed by atoms with Crippen molar-refractivity contribution in [1.82, 2.24) is 14.6 Å². The number of hydrogen-bond acceptors (Lipinski definition) is 8. The smallest absolute Gasteiger partial charge is 0.338 e. The summed E-state index contributed by atoms with van der Waals surface area (Å²) in [5.41, 5.74) is 0.683. The predicted octanol–water partition coefficient (Wildman–Crippen LogP) is 3.26. The second kappa shape index (κ2) is 9.68. The molecule has 1 saturated heterocycles. The van der Waals surface area contributed by atoms with E-state index in [1.165, 1.54) is 28.8 Å². The van der Waals surface area contributed by atoms with Gasteiger partial charge in [-0.25, -0.2) is 31.3 Å². The second-order valence-electron chi connectivity index (χ2n) is 7.86. The Morgan fingerprint density at radius 1 is 1.29 bits per heavy atom. The number of methoxy groups -OCH3 is 1. The van der Waals surface area contributed by atoms with Gasteiger partial charge in [-0.1, -0.05) is 17.7 Å². The number of hydrogen-bond donors (Lipinski definition) is 1. The molecule has 2 aliphatic rings. The number of carbonyl (C=O) groups excluding carboxylic acids is 1. The summed E-state index contributed by atoms with van der Waals surface area (Å²) in [6, 6.07) is 1.13. The molecule has 2 aliphatic heterocycles. The lowest BCUT2D eigenvalue weighted by Crippen LogP contribution is -2.43. The van der Waals surface area contributed by atoms with Gasteiger partial charge in [0.15, 0.2) is 22.5 Å². The number of piperidine rings is 1. The monoisotopic (exact) mass is 530 g/mol. The average molecular weight is 531 g/mol. The molecule has 0 unspecified atom stereocenters. The standard InChI is InChI=1S/C21H21ClF2N4O4S2/c1-32-21(29)14-17(11-5-8-28(9-6-11)34(2,30)31)26-19(20-25-7-10-33-20)27-18(14)12-3-4-13(23)16(24)15(12)22/h3-4,7,10-11,18H,5-6,8-9H2,1-2H3,(H,26,27)/t18-/m1/s1. The molecule has 2 aromatic rings. The summed E-state index contributed by atoms with van der Waals surface area (Å²) in [6.45, 7) is 0.535. The van der Waals surface area contributed by atoms with Crippen LogP contribution in [-0.4, -0.2) is 56.0 Å². The minimum absolute atomic E-state index is 0.0996. The number of carbonyl (C=O) groups is 1. The Kier molecular flexibility index (Phi) is 7.04. The molecule has 1 fully saturated rings. The fourth-order valence-electron chi connectivity index (χ4n) is 4.12. The highest BCUT2D eigenvalue weighted by molar-refractivity contribution is 7.88. The molecule has 4 rings (SSSR count). The molecule has 182 valence electrons. The van der Waals surface area contributed by atoms with E-state index in [1.54, 1.807) is 11.6 Å². The summed E-state index contributed by atoms with van der Waals surface area (Å²) in [6.07, 6.45) is 3.60. The van der Waals surface area contributed by atoms with Crippen molar-refractivity contribution in [2.24, 2.45) is 10.9 Å². The van der Waals surface area contributed by atoms with E-state index in [0.717, 1.165) is 12.3 Å². The molecule has 1 N–H and O–H groups in total. The molecular weight excluding hydrogens is 510 g/mol. The number of allylic oxidation sites excluding steroid dienone is 1. The number of benzene rings is 1. The van der Waals surface area contributed by atoms with Crippen molar-refractivity contribution >= 4 is 44.8 Å². The van der Waals surface area contributed by atoms with Gasteiger partial charge in [0.2, 0.25) is 10.0 Å². The first-order chi connectivity index (χ1) is 16.1. The molecule has 1 atom stereocenters. The zero-order valence-electron chi connectivity index (χ0n) is 18.2. The van der Waals surface area contributed by atoms with Crippen LogP contribution in [0.1, 0.15) is 29.5 Å². The van der Waals surface area contributed by atoms with Crippen LogP contribution < -0.4 is 5.32 Å². The molecule has 1 aromatic heterocycles. The number of halogens is 3. The van der Waals surface area contributed by atoms with Crippen LogP contribution in [0.15, 0.2) is 40.0 Å². The van der Waals surface area contributed by atoms with Crippen LogP contribution in [0.2, 0.25) is 5.02 Å². The number of ether oxygens (including phenoxy) is 1. The van der Waals surface area contributed by atoms with Crippen LogP contribution in [0.5, 0.6) is 0 Å². The van der Waals surface area contributed by atoms with Gasteiger partial charge in [-0.3, -0.25) is 4.99 Å². The number of esters is 1. The minimum Gasteiger partial charge on any atom is -0.466 e. The number of nitrogens with one attached hydrogen (secondary N) is 1. The first-order valence-electron chi connectivity index (χ1n) is 10.3. The molecular formula is C21H21ClF2N4O4S2. The molecule has 0 saturated carbocycles. The molecule has 0 aliphatic carbocycles. The zero-order valence-corrected chi connectivity index (χ0v) is 20.6. The second-order valence-corrected chi connectivity index (χ2v) is 11.1. The van der Waals surface area contributed by atoms with E-state index in [0.29, 0.717) is 29.4 Å². The van der Waals surface area contributed by atoms with Gasteiger partial charge in [-0.15, -0.1) is 11.3 Å². The molecule has 13 heteroatoms. The van der Waals surface area contributed by atoms with Crippen molar-refractivity contribution in [2.75, 3.05) is 26.5 Å². The van der Waals surface area contributed by atoms with Gasteiger partial charge in [0.1, 0.15) is 6.04 Å². The Bertz CT molecular complexity index is 1270. The lowest BCUT2D eigenvalue weighted by Gasteiger charge is -2.35. The van der Waals surface area contributed by atoms with Crippen molar-refractivity contribution in [3.05, 3.63) is 62.2 Å². The van der Waals surface area contributed by atoms with E-state index in [4.69, 9.17) is 16.3 Å². The number of amidine groups is 1. The van der Waals surface area contributed by atoms with Crippen molar-refractivity contribution in [3.8, 4) is 0 Å². The van der Waals surface area contributed by atoms with E-state index in [-0.39, 0.29) is 30.1 Å². The Morgan fingerprint density at radius 2 is 2.00 bits per heavy atom. The van der Waals surface area contributed by atoms with Crippen molar-refractivity contribution in [2.45, 2.75) is 18.9 Å². The maximum atomic E-state index is 14.4. The summed E-state index contributed by atoms with van der Waals surface area (Å²) in [4.78, 5) is 21.8. The lowest BCUT2D eigenvalue weighted by molar-refractivity contribution is -0.136. The Hall–Kier alpha value is -2.41. The van der Waals surface area contributed by atoms with Gasteiger partial charge in [0.25, 0.3) is 0 Å². The fraction of sp³-hybridized carbons (Fsp3) is 0.381. The van der Waals surface area contributed by atoms with Gasteiger partial charge in [0.05, 0.1) is 24.0 Å². The number of aliphatic imine (C=N–C) groups is 1. The first-order valence-corrected chi connectivity index (χ1v) is 13.4. The molecule has 0 spiro atoms. The maximum absolute atomic E-state index is 14.4. The van der Waals surface area contributed by atoms with E-state index in [1.807, 2.05) is 0 Å². The summed E-state index contributed by atoms with van der Waals surface area (Å²) in [5.74, 6) is -2.97. The highest BCUT2D eigenvalue weighted by Crippen LogP contribution is 2.40. The summed E-state index contributed by atoms with van der Waals surface area (Å²) in [5, 5.41) is 4.98. The Morgan fingerprint density at radius 3 is 2.59 bits per heavy atom. The maximum Gasteiger partial charge on any atom is 0.338 e. The third-order valence-electron chi connectivity index (χ3n) is 5.81. The molecule has 1 aromatic carbocycles. The van der Waals surface area contributed by atoms with Crippen LogP contribution in [-0.2, 0) is 19.6 Å². The molecule has 3 heterocycles. The summed E-state index contributed by atoms with van der Waals surface area (Å²) >= 11 is 7.46. The number of nitrogens with zero attached hydrogens (tertiary/aromatic N) is 3. The lowest BCUT2D eigenvalue weighted by atomic mass is 9.86. The summed E-state index contributed by atoms with van der Waals surface area (Å²) < 4.78 is 58.4. The molecule has 34 heavy (non-hydrogen) atoms. The minimum atomic E-state index is -3.35. The van der Waals surface area contributed by atoms with Crippen LogP contribution >= 0.6 is 22.9 Å². The number of thiazole rings is 1. The van der Waals surface area contributed by atoms with E-state index >= 15 is 0 Å². The van der Waals surface area contributed by atoms with E-state index in [2.05, 4.69) is 15.3 Å². The average Bonchev–Trinajstić information content (AvgIpc) is 3.36. The number of aromatic nitrogens is 1. The topological polar surface area (TPSA) is 101 Å². The quantitative estimate of drug-likeness (QED) is 0.470. The van der Waals surface area contributed by atoms with Crippen LogP contribution in [0.25, 0.3) is 0 Å². The number of sulfonamides is 1. The Labute approximate surface area is 204 Å². The zero-order chi connectivity index (χ0) is 24.6. The fourth-order valence-corrected chi connectivity index (χ4v) is 5.84. The molecule has 0 amide bonds. The molecule has 8 nitrogen and oxygen atoms in total. The summed E-state index contributed by atoms with van der Waals surface area (Å²) in [7, 11) is -2.14. The van der Waals surface area contributed by atoms with Crippen LogP contribution in [0, 0.1) is 17.6 Å². The normalized spacial score (nSPS) is 20.1. The molecule has 0 radical (unpaired) electrons. The first kappa shape index (κ1) is 24.7. The highest BCUT2D eigenvalue weighted by atomic mass is 35.5. The number of rotatable bonds is 5. The van der Waals surface area contributed by atoms with Gasteiger partial charge in [-0.05, 0) is 18.9 Å². The van der Waals surface area contributed by atoms with Crippen molar-refractivity contribution < 1.29 is 26.7 Å². The SMILES string of the molecule is COC(=O)C1=C(C2CCN(S(C)(=O)=O)CC2)NC(c2nccs2)=N[C@@H]1c1ccc(F)c(F)c1Cl. The van der Waals surface area contributed by atoms with Crippen LogP contribution in [0.4, 0.5) is 8.78 Å². The third-order valence-corrected chi connectivity index (χ3v) is 8.27. The van der Waals surface area contributed by atoms with E-state index < -0.39 is 38.7 Å². The van der Waals surface area contributed by atoms with Gasteiger partial charge in [-0.2, -0.15) is 0 Å². The third kappa shape index (κ3) is 4.72. The van der Waals surface area contributed by atoms with Crippen molar-refractivity contribution in [3.63, 3.8) is 0 Å².